The number of aromatic nitrogens is 2. The van der Waals surface area contributed by atoms with Gasteiger partial charge in [0.2, 0.25) is 0 Å². The molecule has 0 bridgehead atoms. The normalized spacial score (nSPS) is 19.4. The molecule has 2 atom stereocenters. The van der Waals surface area contributed by atoms with E-state index in [-0.39, 0.29) is 17.8 Å². The van der Waals surface area contributed by atoms with Gasteiger partial charge in [-0.3, -0.25) is 9.78 Å². The third-order valence-corrected chi connectivity index (χ3v) is 5.79. The molecule has 0 spiro atoms. The van der Waals surface area contributed by atoms with Crippen molar-refractivity contribution in [3.05, 3.63) is 65.7 Å². The maximum atomic E-state index is 13.4. The molecule has 1 aliphatic rings. The Bertz CT molecular complexity index is 953. The number of rotatable bonds is 6. The standard InChI is InChI=1S/C23H27FN4O/c1-2-28(23(29)22-14-21-20(27-22)10-5-11-25-21)19-9-4-8-18(13-19)26-15-16-6-3-7-17(24)12-16/h3,5-7,10-12,14,18-19,26-27H,2,4,8-9,13,15H2,1H3/t18-,19+/m1/s1. The van der Waals surface area contributed by atoms with Gasteiger partial charge in [-0.25, -0.2) is 4.39 Å². The summed E-state index contributed by atoms with van der Waals surface area (Å²) in [4.78, 5) is 22.7. The van der Waals surface area contributed by atoms with Gasteiger partial charge in [0.05, 0.1) is 11.0 Å². The molecule has 0 unspecified atom stereocenters. The molecule has 1 saturated carbocycles. The highest BCUT2D eigenvalue weighted by Gasteiger charge is 2.30. The number of halogens is 1. The van der Waals surface area contributed by atoms with Crippen LogP contribution in [-0.4, -0.2) is 39.4 Å². The molecule has 6 heteroatoms. The van der Waals surface area contributed by atoms with Crippen molar-refractivity contribution in [1.29, 1.82) is 0 Å². The van der Waals surface area contributed by atoms with E-state index < -0.39 is 0 Å². The summed E-state index contributed by atoms with van der Waals surface area (Å²) in [5.41, 5.74) is 3.23. The minimum absolute atomic E-state index is 0.0290. The zero-order valence-corrected chi connectivity index (χ0v) is 16.7. The highest BCUT2D eigenvalue weighted by atomic mass is 19.1. The first-order valence-corrected chi connectivity index (χ1v) is 10.4. The summed E-state index contributed by atoms with van der Waals surface area (Å²) < 4.78 is 13.4. The van der Waals surface area contributed by atoms with Crippen molar-refractivity contribution in [2.75, 3.05) is 6.54 Å². The zero-order chi connectivity index (χ0) is 20.2. The number of pyridine rings is 1. The molecule has 4 rings (SSSR count). The number of aromatic amines is 1. The van der Waals surface area contributed by atoms with E-state index in [1.807, 2.05) is 36.1 Å². The quantitative estimate of drug-likeness (QED) is 0.657. The first-order chi connectivity index (χ1) is 14.1. The fraction of sp³-hybridized carbons (Fsp3) is 0.391. The van der Waals surface area contributed by atoms with E-state index in [1.54, 1.807) is 18.3 Å². The van der Waals surface area contributed by atoms with E-state index in [0.29, 0.717) is 24.8 Å². The Morgan fingerprint density at radius 3 is 2.97 bits per heavy atom. The Labute approximate surface area is 170 Å². The van der Waals surface area contributed by atoms with Gasteiger partial charge in [-0.05, 0) is 68.5 Å². The fourth-order valence-corrected chi connectivity index (χ4v) is 4.34. The summed E-state index contributed by atoms with van der Waals surface area (Å²) in [7, 11) is 0. The molecule has 0 aliphatic heterocycles. The molecule has 1 fully saturated rings. The summed E-state index contributed by atoms with van der Waals surface area (Å²) >= 11 is 0. The molecule has 1 aromatic carbocycles. The lowest BCUT2D eigenvalue weighted by atomic mass is 9.89. The Balaban J connectivity index is 1.42. The van der Waals surface area contributed by atoms with Crippen LogP contribution in [0.2, 0.25) is 0 Å². The average molecular weight is 394 g/mol. The monoisotopic (exact) mass is 394 g/mol. The molecule has 0 radical (unpaired) electrons. The molecule has 1 amide bonds. The lowest BCUT2D eigenvalue weighted by molar-refractivity contribution is 0.0623. The number of nitrogens with zero attached hydrogens (tertiary/aromatic N) is 2. The predicted molar refractivity (Wildman–Crippen MR) is 112 cm³/mol. The molecule has 2 aromatic heterocycles. The number of nitrogens with one attached hydrogen (secondary N) is 2. The average Bonchev–Trinajstić information content (AvgIpc) is 3.17. The zero-order valence-electron chi connectivity index (χ0n) is 16.7. The SMILES string of the molecule is CCN(C(=O)c1cc2ncccc2[nH]1)[C@H]1CCC[C@@H](NCc2cccc(F)c2)C1. The lowest BCUT2D eigenvalue weighted by Crippen LogP contribution is -2.46. The number of amides is 1. The van der Waals surface area contributed by atoms with Gasteiger partial charge in [0, 0.05) is 31.4 Å². The van der Waals surface area contributed by atoms with E-state index in [4.69, 9.17) is 0 Å². The largest absolute Gasteiger partial charge is 0.349 e. The molecular formula is C23H27FN4O. The van der Waals surface area contributed by atoms with Crippen molar-refractivity contribution >= 4 is 16.9 Å². The van der Waals surface area contributed by atoms with Crippen LogP contribution in [0.5, 0.6) is 0 Å². The second kappa shape index (κ2) is 8.74. The number of fused-ring (bicyclic) bond motifs is 1. The smallest absolute Gasteiger partial charge is 0.270 e. The minimum atomic E-state index is -0.207. The number of H-pyrrole nitrogens is 1. The van der Waals surface area contributed by atoms with Crippen molar-refractivity contribution < 1.29 is 9.18 Å². The highest BCUT2D eigenvalue weighted by molar-refractivity contribution is 5.97. The number of hydrogen-bond donors (Lipinski definition) is 2. The molecule has 2 heterocycles. The van der Waals surface area contributed by atoms with Gasteiger partial charge in [0.1, 0.15) is 11.5 Å². The third-order valence-electron chi connectivity index (χ3n) is 5.79. The number of hydrogen-bond acceptors (Lipinski definition) is 3. The second-order valence-electron chi connectivity index (χ2n) is 7.74. The first-order valence-electron chi connectivity index (χ1n) is 10.4. The molecule has 1 aliphatic carbocycles. The van der Waals surface area contributed by atoms with Crippen molar-refractivity contribution in [3.8, 4) is 0 Å². The summed E-state index contributed by atoms with van der Waals surface area (Å²) in [6, 6.07) is 12.9. The van der Waals surface area contributed by atoms with Crippen molar-refractivity contribution in [2.45, 2.75) is 51.2 Å². The highest BCUT2D eigenvalue weighted by Crippen LogP contribution is 2.25. The van der Waals surface area contributed by atoms with Crippen molar-refractivity contribution in [2.24, 2.45) is 0 Å². The van der Waals surface area contributed by atoms with E-state index in [2.05, 4.69) is 15.3 Å². The Kier molecular flexibility index (Phi) is 5.90. The molecule has 0 saturated heterocycles. The van der Waals surface area contributed by atoms with Crippen LogP contribution in [0, 0.1) is 5.82 Å². The van der Waals surface area contributed by atoms with Crippen LogP contribution in [0.15, 0.2) is 48.7 Å². The summed E-state index contributed by atoms with van der Waals surface area (Å²) in [5.74, 6) is -0.178. The number of carbonyl (C=O) groups excluding carboxylic acids is 1. The third kappa shape index (κ3) is 4.48. The van der Waals surface area contributed by atoms with Crippen LogP contribution in [0.25, 0.3) is 11.0 Å². The Hall–Kier alpha value is -2.73. The molecule has 152 valence electrons. The topological polar surface area (TPSA) is 61.0 Å². The van der Waals surface area contributed by atoms with Crippen molar-refractivity contribution in [3.63, 3.8) is 0 Å². The van der Waals surface area contributed by atoms with Crippen LogP contribution in [0.3, 0.4) is 0 Å². The van der Waals surface area contributed by atoms with Gasteiger partial charge in [0.15, 0.2) is 0 Å². The van der Waals surface area contributed by atoms with E-state index in [0.717, 1.165) is 42.3 Å². The maximum absolute atomic E-state index is 13.4. The van der Waals surface area contributed by atoms with Gasteiger partial charge >= 0.3 is 0 Å². The first kappa shape index (κ1) is 19.6. The predicted octanol–water partition coefficient (Wildman–Crippen LogP) is 4.27. The second-order valence-corrected chi connectivity index (χ2v) is 7.74. The van der Waals surface area contributed by atoms with E-state index in [9.17, 15) is 9.18 Å². The molecule has 29 heavy (non-hydrogen) atoms. The van der Waals surface area contributed by atoms with Crippen LogP contribution >= 0.6 is 0 Å². The molecular weight excluding hydrogens is 367 g/mol. The van der Waals surface area contributed by atoms with Gasteiger partial charge < -0.3 is 15.2 Å². The van der Waals surface area contributed by atoms with Gasteiger partial charge in [-0.15, -0.1) is 0 Å². The molecule has 5 nitrogen and oxygen atoms in total. The van der Waals surface area contributed by atoms with E-state index >= 15 is 0 Å². The maximum Gasteiger partial charge on any atom is 0.270 e. The van der Waals surface area contributed by atoms with Crippen LogP contribution in [-0.2, 0) is 6.54 Å². The summed E-state index contributed by atoms with van der Waals surface area (Å²) in [6.07, 6.45) is 5.80. The minimum Gasteiger partial charge on any atom is -0.349 e. The fourth-order valence-electron chi connectivity index (χ4n) is 4.34. The van der Waals surface area contributed by atoms with Crippen LogP contribution in [0.4, 0.5) is 4.39 Å². The molecule has 3 aromatic rings. The van der Waals surface area contributed by atoms with Crippen molar-refractivity contribution in [1.82, 2.24) is 20.2 Å². The summed E-state index contributed by atoms with van der Waals surface area (Å²) in [6.45, 7) is 3.34. The number of carbonyl (C=O) groups is 1. The van der Waals surface area contributed by atoms with Crippen LogP contribution in [0.1, 0.15) is 48.7 Å². The Morgan fingerprint density at radius 1 is 1.28 bits per heavy atom. The summed E-state index contributed by atoms with van der Waals surface area (Å²) in [5, 5.41) is 3.55. The number of benzene rings is 1. The van der Waals surface area contributed by atoms with Gasteiger partial charge in [0.25, 0.3) is 5.91 Å². The van der Waals surface area contributed by atoms with Crippen LogP contribution < -0.4 is 5.32 Å². The van der Waals surface area contributed by atoms with E-state index in [1.165, 1.54) is 6.07 Å². The van der Waals surface area contributed by atoms with Gasteiger partial charge in [-0.1, -0.05) is 12.1 Å². The lowest BCUT2D eigenvalue weighted by Gasteiger charge is -2.37. The van der Waals surface area contributed by atoms with Gasteiger partial charge in [-0.2, -0.15) is 0 Å². The Morgan fingerprint density at radius 2 is 2.17 bits per heavy atom. The molecule has 2 N–H and O–H groups in total.